The highest BCUT2D eigenvalue weighted by molar-refractivity contribution is 5.89. The van der Waals surface area contributed by atoms with Gasteiger partial charge in [-0.15, -0.1) is 0 Å². The van der Waals surface area contributed by atoms with Crippen molar-refractivity contribution in [2.75, 3.05) is 0 Å². The van der Waals surface area contributed by atoms with E-state index < -0.39 is 24.3 Å². The molecule has 1 radical (unpaired) electrons. The zero-order chi connectivity index (χ0) is 12.8. The summed E-state index contributed by atoms with van der Waals surface area (Å²) >= 11 is 0. The molecule has 3 atom stereocenters. The maximum atomic E-state index is 13.2. The second kappa shape index (κ2) is 6.35. The molecule has 93 valence electrons. The fourth-order valence-corrected chi connectivity index (χ4v) is 1.33. The van der Waals surface area contributed by atoms with Crippen LogP contribution < -0.4 is 0 Å². The quantitative estimate of drug-likeness (QED) is 0.801. The van der Waals surface area contributed by atoms with Crippen LogP contribution in [0.3, 0.4) is 0 Å². The number of carbonyl (C=O) groups excluding carboxylic acids is 1. The number of rotatable bonds is 5. The zero-order valence-electron chi connectivity index (χ0n) is 9.89. The molecule has 17 heavy (non-hydrogen) atoms. The molecule has 3 unspecified atom stereocenters. The molecular formula is C13H16FO3. The second-order valence-corrected chi connectivity index (χ2v) is 3.98. The Morgan fingerprint density at radius 1 is 1.53 bits per heavy atom. The van der Waals surface area contributed by atoms with E-state index in [1.807, 2.05) is 0 Å². The van der Waals surface area contributed by atoms with E-state index >= 15 is 0 Å². The molecule has 0 saturated carbocycles. The van der Waals surface area contributed by atoms with Crippen LogP contribution in [0.5, 0.6) is 0 Å². The lowest BCUT2D eigenvalue weighted by Crippen LogP contribution is -2.25. The molecular weight excluding hydrogens is 223 g/mol. The van der Waals surface area contributed by atoms with Crippen molar-refractivity contribution in [1.29, 1.82) is 0 Å². The molecule has 0 amide bonds. The number of alkyl halides is 1. The van der Waals surface area contributed by atoms with Gasteiger partial charge in [-0.25, -0.2) is 9.18 Å². The van der Waals surface area contributed by atoms with Gasteiger partial charge in [-0.3, -0.25) is 0 Å². The van der Waals surface area contributed by atoms with Crippen LogP contribution in [0.2, 0.25) is 0 Å². The minimum absolute atomic E-state index is 0.0176. The molecule has 1 rings (SSSR count). The number of hydrogen-bond donors (Lipinski definition) is 1. The first-order chi connectivity index (χ1) is 8.00. The molecule has 0 aliphatic rings. The van der Waals surface area contributed by atoms with Crippen molar-refractivity contribution in [2.45, 2.75) is 38.6 Å². The van der Waals surface area contributed by atoms with Gasteiger partial charge < -0.3 is 9.84 Å². The Labute approximate surface area is 100 Å². The highest BCUT2D eigenvalue weighted by Gasteiger charge is 2.20. The van der Waals surface area contributed by atoms with Crippen molar-refractivity contribution in [3.8, 4) is 0 Å². The first-order valence-electron chi connectivity index (χ1n) is 5.50. The van der Waals surface area contributed by atoms with Gasteiger partial charge in [-0.2, -0.15) is 0 Å². The predicted molar refractivity (Wildman–Crippen MR) is 61.3 cm³/mol. The fourth-order valence-electron chi connectivity index (χ4n) is 1.33. The van der Waals surface area contributed by atoms with E-state index in [0.717, 1.165) is 0 Å². The lowest BCUT2D eigenvalue weighted by molar-refractivity contribution is 0.0135. The Balaban J connectivity index is 2.47. The zero-order valence-corrected chi connectivity index (χ0v) is 9.89. The average Bonchev–Trinajstić information content (AvgIpc) is 2.29. The first-order valence-corrected chi connectivity index (χ1v) is 5.50. The molecule has 0 aliphatic carbocycles. The largest absolute Gasteiger partial charge is 0.459 e. The van der Waals surface area contributed by atoms with Crippen molar-refractivity contribution < 1.29 is 19.0 Å². The van der Waals surface area contributed by atoms with Gasteiger partial charge in [0.15, 0.2) is 0 Å². The van der Waals surface area contributed by atoms with Crippen molar-refractivity contribution in [3.63, 3.8) is 0 Å². The predicted octanol–water partition coefficient (Wildman–Crippen LogP) is 2.14. The lowest BCUT2D eigenvalue weighted by Gasteiger charge is -2.17. The van der Waals surface area contributed by atoms with E-state index in [2.05, 4.69) is 6.07 Å². The Kier molecular flexibility index (Phi) is 5.10. The van der Waals surface area contributed by atoms with Gasteiger partial charge in [0.25, 0.3) is 0 Å². The van der Waals surface area contributed by atoms with Crippen LogP contribution in [0.15, 0.2) is 24.3 Å². The molecule has 1 N–H and O–H groups in total. The number of aliphatic hydroxyl groups is 1. The smallest absolute Gasteiger partial charge is 0.339 e. The molecule has 3 nitrogen and oxygen atoms in total. The number of hydrogen-bond acceptors (Lipinski definition) is 3. The molecule has 4 heteroatoms. The minimum Gasteiger partial charge on any atom is -0.459 e. The summed E-state index contributed by atoms with van der Waals surface area (Å²) in [4.78, 5) is 11.6. The summed E-state index contributed by atoms with van der Waals surface area (Å²) < 4.78 is 18.2. The number of esters is 1. The average molecular weight is 239 g/mol. The number of halogens is 1. The molecule has 0 saturated heterocycles. The first kappa shape index (κ1) is 13.6. The summed E-state index contributed by atoms with van der Waals surface area (Å²) in [6, 6.07) is 9.36. The lowest BCUT2D eigenvalue weighted by atomic mass is 10.1. The molecule has 0 spiro atoms. The van der Waals surface area contributed by atoms with Crippen molar-refractivity contribution in [2.24, 2.45) is 0 Å². The van der Waals surface area contributed by atoms with Gasteiger partial charge in [-0.05, 0) is 26.0 Å². The van der Waals surface area contributed by atoms with Crippen molar-refractivity contribution >= 4 is 5.97 Å². The third-order valence-corrected chi connectivity index (χ3v) is 2.32. The Bertz CT molecular complexity index is 351. The van der Waals surface area contributed by atoms with Crippen LogP contribution in [-0.2, 0) is 4.74 Å². The summed E-state index contributed by atoms with van der Waals surface area (Å²) in [6.45, 7) is 2.96. The molecule has 0 heterocycles. The normalized spacial score (nSPS) is 16.0. The highest BCUT2D eigenvalue weighted by Crippen LogP contribution is 2.12. The van der Waals surface area contributed by atoms with E-state index in [-0.39, 0.29) is 6.42 Å². The maximum absolute atomic E-state index is 13.2. The van der Waals surface area contributed by atoms with Gasteiger partial charge in [0.05, 0.1) is 11.7 Å². The van der Waals surface area contributed by atoms with E-state index in [4.69, 9.17) is 9.84 Å². The molecule has 0 aliphatic heterocycles. The third kappa shape index (κ3) is 4.53. The molecule has 0 bridgehead atoms. The number of ether oxygens (including phenoxy) is 1. The van der Waals surface area contributed by atoms with Crippen LogP contribution in [0, 0.1) is 6.07 Å². The Morgan fingerprint density at radius 2 is 2.24 bits per heavy atom. The topological polar surface area (TPSA) is 46.5 Å². The standard InChI is InChI=1S/C13H16FO3/c1-9(8-12(14)10(2)15)17-13(16)11-6-4-3-5-7-11/h3-6,9-10,12,15H,8H2,1-2H3. The molecule has 1 aromatic carbocycles. The monoisotopic (exact) mass is 239 g/mol. The Hall–Kier alpha value is -1.42. The van der Waals surface area contributed by atoms with Crippen LogP contribution >= 0.6 is 0 Å². The molecule has 0 fully saturated rings. The van der Waals surface area contributed by atoms with Crippen LogP contribution in [-0.4, -0.2) is 29.5 Å². The number of aliphatic hydroxyl groups excluding tert-OH is 1. The van der Waals surface area contributed by atoms with E-state index in [9.17, 15) is 9.18 Å². The summed E-state index contributed by atoms with van der Waals surface area (Å²) in [5.74, 6) is -0.532. The summed E-state index contributed by atoms with van der Waals surface area (Å²) in [5, 5.41) is 9.00. The van der Waals surface area contributed by atoms with Crippen LogP contribution in [0.1, 0.15) is 30.6 Å². The third-order valence-electron chi connectivity index (χ3n) is 2.32. The summed E-state index contributed by atoms with van der Waals surface area (Å²) in [5.41, 5.74) is 0.312. The molecule has 1 aromatic rings. The van der Waals surface area contributed by atoms with E-state index in [0.29, 0.717) is 5.56 Å². The van der Waals surface area contributed by atoms with E-state index in [1.54, 1.807) is 31.2 Å². The molecule has 0 aromatic heterocycles. The number of benzene rings is 1. The SMILES string of the molecule is CC(CC(F)C(C)O)OC(=O)c1[c]cccc1. The van der Waals surface area contributed by atoms with Crippen molar-refractivity contribution in [1.82, 2.24) is 0 Å². The van der Waals surface area contributed by atoms with Gasteiger partial charge in [0, 0.05) is 6.42 Å². The summed E-state index contributed by atoms with van der Waals surface area (Å²) in [6.07, 6.45) is -3.05. The highest BCUT2D eigenvalue weighted by atomic mass is 19.1. The van der Waals surface area contributed by atoms with Crippen LogP contribution in [0.4, 0.5) is 4.39 Å². The van der Waals surface area contributed by atoms with E-state index in [1.165, 1.54) is 6.92 Å². The second-order valence-electron chi connectivity index (χ2n) is 3.98. The van der Waals surface area contributed by atoms with Gasteiger partial charge in [0.2, 0.25) is 0 Å². The Morgan fingerprint density at radius 3 is 2.76 bits per heavy atom. The number of carbonyl (C=O) groups is 1. The summed E-state index contributed by atoms with van der Waals surface area (Å²) in [7, 11) is 0. The fraction of sp³-hybridized carbons (Fsp3) is 0.462. The van der Waals surface area contributed by atoms with Gasteiger partial charge in [0.1, 0.15) is 12.3 Å². The van der Waals surface area contributed by atoms with Crippen LogP contribution in [0.25, 0.3) is 0 Å². The van der Waals surface area contributed by atoms with Gasteiger partial charge in [-0.1, -0.05) is 18.2 Å². The minimum atomic E-state index is -1.39. The van der Waals surface area contributed by atoms with Crippen molar-refractivity contribution in [3.05, 3.63) is 35.9 Å². The maximum Gasteiger partial charge on any atom is 0.339 e. The van der Waals surface area contributed by atoms with Gasteiger partial charge >= 0.3 is 5.97 Å².